The quantitative estimate of drug-likeness (QED) is 0.744. The number of hydrogen-bond donors (Lipinski definition) is 2. The third-order valence-corrected chi connectivity index (χ3v) is 3.83. The highest BCUT2D eigenvalue weighted by Gasteiger charge is 2.21. The highest BCUT2D eigenvalue weighted by Crippen LogP contribution is 2.22. The molecular weight excluding hydrogens is 202 g/mol. The standard InChI is InChI=1S/C12H23N3O/c13-11-5-3-10(4-6-11)9-14-12(16)15-7-1-2-8-15/h10-11H,1-9,13H2,(H,14,16). The molecule has 3 N–H and O–H groups in total. The number of nitrogens with two attached hydrogens (primary N) is 1. The summed E-state index contributed by atoms with van der Waals surface area (Å²) in [5.74, 6) is 0.645. The normalized spacial score (nSPS) is 30.4. The van der Waals surface area contributed by atoms with Gasteiger partial charge in [0.05, 0.1) is 0 Å². The van der Waals surface area contributed by atoms with Crippen LogP contribution in [0.25, 0.3) is 0 Å². The molecule has 0 aromatic rings. The topological polar surface area (TPSA) is 58.4 Å². The van der Waals surface area contributed by atoms with E-state index in [2.05, 4.69) is 5.32 Å². The molecule has 0 aromatic carbocycles. The van der Waals surface area contributed by atoms with Crippen LogP contribution in [0.1, 0.15) is 38.5 Å². The predicted octanol–water partition coefficient (Wildman–Crippen LogP) is 1.31. The van der Waals surface area contributed by atoms with Crippen molar-refractivity contribution < 1.29 is 4.79 Å². The average Bonchev–Trinajstić information content (AvgIpc) is 2.81. The summed E-state index contributed by atoms with van der Waals surface area (Å²) in [6.07, 6.45) is 6.88. The van der Waals surface area contributed by atoms with Crippen LogP contribution in [-0.2, 0) is 0 Å². The van der Waals surface area contributed by atoms with Crippen molar-refractivity contribution in [3.63, 3.8) is 0 Å². The van der Waals surface area contributed by atoms with Gasteiger partial charge in [-0.25, -0.2) is 4.79 Å². The van der Waals surface area contributed by atoms with Gasteiger partial charge in [-0.15, -0.1) is 0 Å². The van der Waals surface area contributed by atoms with Gasteiger partial charge in [-0.2, -0.15) is 0 Å². The summed E-state index contributed by atoms with van der Waals surface area (Å²) in [5, 5.41) is 3.06. The molecule has 0 radical (unpaired) electrons. The van der Waals surface area contributed by atoms with Crippen LogP contribution in [0.2, 0.25) is 0 Å². The highest BCUT2D eigenvalue weighted by atomic mass is 16.2. The molecule has 1 saturated heterocycles. The molecule has 1 heterocycles. The number of carbonyl (C=O) groups is 1. The number of nitrogens with one attached hydrogen (secondary N) is 1. The van der Waals surface area contributed by atoms with Gasteiger partial charge in [0.15, 0.2) is 0 Å². The van der Waals surface area contributed by atoms with E-state index < -0.39 is 0 Å². The Morgan fingerprint density at radius 2 is 1.81 bits per heavy atom. The van der Waals surface area contributed by atoms with Crippen molar-refractivity contribution in [3.8, 4) is 0 Å². The van der Waals surface area contributed by atoms with Gasteiger partial charge in [0, 0.05) is 25.7 Å². The third-order valence-electron chi connectivity index (χ3n) is 3.83. The summed E-state index contributed by atoms with van der Waals surface area (Å²) >= 11 is 0. The lowest BCUT2D eigenvalue weighted by molar-refractivity contribution is 0.204. The van der Waals surface area contributed by atoms with Crippen LogP contribution < -0.4 is 11.1 Å². The Balaban J connectivity index is 1.65. The molecule has 1 aliphatic heterocycles. The van der Waals surface area contributed by atoms with Gasteiger partial charge in [0.2, 0.25) is 0 Å². The molecule has 2 fully saturated rings. The second-order valence-corrected chi connectivity index (χ2v) is 5.16. The SMILES string of the molecule is NC1CCC(CNC(=O)N2CCCC2)CC1. The van der Waals surface area contributed by atoms with Crippen molar-refractivity contribution in [2.24, 2.45) is 11.7 Å². The molecule has 0 unspecified atom stereocenters. The Kier molecular flexibility index (Phi) is 4.04. The number of nitrogens with zero attached hydrogens (tertiary/aromatic N) is 1. The zero-order chi connectivity index (χ0) is 11.4. The minimum absolute atomic E-state index is 0.132. The second kappa shape index (κ2) is 5.53. The van der Waals surface area contributed by atoms with E-state index in [1.807, 2.05) is 4.90 Å². The summed E-state index contributed by atoms with van der Waals surface area (Å²) in [7, 11) is 0. The van der Waals surface area contributed by atoms with E-state index >= 15 is 0 Å². The molecule has 2 rings (SSSR count). The molecule has 0 atom stereocenters. The van der Waals surface area contributed by atoms with Crippen LogP contribution in [0.5, 0.6) is 0 Å². The highest BCUT2D eigenvalue weighted by molar-refractivity contribution is 5.74. The van der Waals surface area contributed by atoms with E-state index in [1.165, 1.54) is 12.8 Å². The van der Waals surface area contributed by atoms with Crippen LogP contribution in [0.4, 0.5) is 4.79 Å². The average molecular weight is 225 g/mol. The maximum absolute atomic E-state index is 11.7. The first kappa shape index (κ1) is 11.7. The number of amides is 2. The van der Waals surface area contributed by atoms with Gasteiger partial charge < -0.3 is 16.0 Å². The van der Waals surface area contributed by atoms with Crippen LogP contribution in [0.3, 0.4) is 0 Å². The Hall–Kier alpha value is -0.770. The van der Waals surface area contributed by atoms with Crippen LogP contribution >= 0.6 is 0 Å². The maximum Gasteiger partial charge on any atom is 0.317 e. The van der Waals surface area contributed by atoms with E-state index in [0.29, 0.717) is 12.0 Å². The van der Waals surface area contributed by atoms with Crippen LogP contribution in [-0.4, -0.2) is 36.6 Å². The molecule has 4 nitrogen and oxygen atoms in total. The van der Waals surface area contributed by atoms with Gasteiger partial charge in [0.25, 0.3) is 0 Å². The molecule has 4 heteroatoms. The first-order valence-electron chi connectivity index (χ1n) is 6.54. The van der Waals surface area contributed by atoms with Crippen molar-refractivity contribution >= 4 is 6.03 Å². The zero-order valence-corrected chi connectivity index (χ0v) is 9.95. The Morgan fingerprint density at radius 1 is 1.19 bits per heavy atom. The number of urea groups is 1. The molecule has 0 spiro atoms. The summed E-state index contributed by atoms with van der Waals surface area (Å²) in [4.78, 5) is 13.7. The zero-order valence-electron chi connectivity index (χ0n) is 9.95. The molecule has 0 bridgehead atoms. The van der Waals surface area contributed by atoms with Crippen LogP contribution in [0, 0.1) is 5.92 Å². The van der Waals surface area contributed by atoms with Gasteiger partial charge >= 0.3 is 6.03 Å². The minimum atomic E-state index is 0.132. The monoisotopic (exact) mass is 225 g/mol. The fourth-order valence-electron chi connectivity index (χ4n) is 2.66. The Bertz CT molecular complexity index is 230. The third kappa shape index (κ3) is 3.11. The van der Waals surface area contributed by atoms with E-state index in [-0.39, 0.29) is 6.03 Å². The molecular formula is C12H23N3O. The van der Waals surface area contributed by atoms with Gasteiger partial charge in [-0.3, -0.25) is 0 Å². The largest absolute Gasteiger partial charge is 0.338 e. The number of likely N-dealkylation sites (tertiary alicyclic amines) is 1. The van der Waals surface area contributed by atoms with E-state index in [4.69, 9.17) is 5.73 Å². The van der Waals surface area contributed by atoms with Gasteiger partial charge in [-0.05, 0) is 44.4 Å². The molecule has 92 valence electrons. The lowest BCUT2D eigenvalue weighted by atomic mass is 9.86. The smallest absolute Gasteiger partial charge is 0.317 e. The molecule has 1 aliphatic carbocycles. The summed E-state index contributed by atoms with van der Waals surface area (Å²) in [6, 6.07) is 0.526. The first-order chi connectivity index (χ1) is 7.75. The summed E-state index contributed by atoms with van der Waals surface area (Å²) in [6.45, 7) is 2.70. The van der Waals surface area contributed by atoms with Crippen molar-refractivity contribution in [1.82, 2.24) is 10.2 Å². The lowest BCUT2D eigenvalue weighted by Crippen LogP contribution is -2.41. The van der Waals surface area contributed by atoms with Crippen LogP contribution in [0.15, 0.2) is 0 Å². The number of carbonyl (C=O) groups excluding carboxylic acids is 1. The molecule has 0 aromatic heterocycles. The van der Waals surface area contributed by atoms with E-state index in [1.54, 1.807) is 0 Å². The van der Waals surface area contributed by atoms with E-state index in [0.717, 1.165) is 45.3 Å². The van der Waals surface area contributed by atoms with Gasteiger partial charge in [0.1, 0.15) is 0 Å². The summed E-state index contributed by atoms with van der Waals surface area (Å²) < 4.78 is 0. The molecule has 2 aliphatic rings. The fraction of sp³-hybridized carbons (Fsp3) is 0.917. The van der Waals surface area contributed by atoms with Gasteiger partial charge in [-0.1, -0.05) is 0 Å². The molecule has 16 heavy (non-hydrogen) atoms. The van der Waals surface area contributed by atoms with Crippen molar-refractivity contribution in [2.45, 2.75) is 44.6 Å². The number of hydrogen-bond acceptors (Lipinski definition) is 2. The fourth-order valence-corrected chi connectivity index (χ4v) is 2.66. The number of rotatable bonds is 2. The lowest BCUT2D eigenvalue weighted by Gasteiger charge is -2.27. The predicted molar refractivity (Wildman–Crippen MR) is 64.1 cm³/mol. The minimum Gasteiger partial charge on any atom is -0.338 e. The Morgan fingerprint density at radius 3 is 2.44 bits per heavy atom. The van der Waals surface area contributed by atoms with Crippen molar-refractivity contribution in [3.05, 3.63) is 0 Å². The van der Waals surface area contributed by atoms with Crippen molar-refractivity contribution in [2.75, 3.05) is 19.6 Å². The van der Waals surface area contributed by atoms with E-state index in [9.17, 15) is 4.79 Å². The summed E-state index contributed by atoms with van der Waals surface area (Å²) in [5.41, 5.74) is 5.86. The molecule has 2 amide bonds. The first-order valence-corrected chi connectivity index (χ1v) is 6.54. The van der Waals surface area contributed by atoms with Crippen molar-refractivity contribution in [1.29, 1.82) is 0 Å². The second-order valence-electron chi connectivity index (χ2n) is 5.16. The molecule has 1 saturated carbocycles. The Labute approximate surface area is 97.6 Å². The maximum atomic E-state index is 11.7.